The Kier molecular flexibility index (Phi) is 6.50. The van der Waals surface area contributed by atoms with Crippen LogP contribution >= 0.6 is 12.2 Å². The summed E-state index contributed by atoms with van der Waals surface area (Å²) in [5.74, 6) is 0. The molecule has 0 amide bonds. The molecular formula is C8H14OS. The van der Waals surface area contributed by atoms with E-state index in [1.807, 2.05) is 6.08 Å². The van der Waals surface area contributed by atoms with Crippen LogP contribution < -0.4 is 0 Å². The van der Waals surface area contributed by atoms with Gasteiger partial charge in [0.2, 0.25) is 0 Å². The summed E-state index contributed by atoms with van der Waals surface area (Å²) in [7, 11) is 0. The van der Waals surface area contributed by atoms with Crippen molar-refractivity contribution < 1.29 is 5.11 Å². The fourth-order valence-corrected chi connectivity index (χ4v) is 0.886. The van der Waals surface area contributed by atoms with Gasteiger partial charge in [-0.05, 0) is 31.5 Å². The summed E-state index contributed by atoms with van der Waals surface area (Å²) in [5, 5.41) is 8.76. The number of allylic oxidation sites excluding steroid dienone is 1. The molecule has 0 spiro atoms. The first-order valence-electron chi connectivity index (χ1n) is 3.60. The minimum atomic E-state index is 0.138. The molecule has 0 aromatic rings. The van der Waals surface area contributed by atoms with Gasteiger partial charge in [0.05, 0.1) is 0 Å². The number of hydrogen-bond donors (Lipinski definition) is 1. The van der Waals surface area contributed by atoms with Crippen LogP contribution in [0.25, 0.3) is 0 Å². The molecule has 10 heavy (non-hydrogen) atoms. The van der Waals surface area contributed by atoms with Crippen LogP contribution in [0.2, 0.25) is 0 Å². The molecule has 0 atom stereocenters. The average molecular weight is 158 g/mol. The molecule has 0 heterocycles. The maximum Gasteiger partial charge on any atom is 0.156 e. The van der Waals surface area contributed by atoms with E-state index in [1.165, 1.54) is 0 Å². The van der Waals surface area contributed by atoms with Gasteiger partial charge in [0.1, 0.15) is 0 Å². The highest BCUT2D eigenvalue weighted by Crippen LogP contribution is 2.03. The first-order valence-corrected chi connectivity index (χ1v) is 4.01. The Hall–Kier alpha value is -0.370. The summed E-state index contributed by atoms with van der Waals surface area (Å²) in [4.78, 5) is 0. The maximum atomic E-state index is 8.62. The predicted octanol–water partition coefficient (Wildman–Crippen LogP) is 3.01. The molecule has 0 bridgehead atoms. The molecule has 0 saturated carbocycles. The second-order valence-corrected chi connectivity index (χ2v) is 2.75. The molecule has 0 unspecified atom stereocenters. The molecule has 0 aromatic carbocycles. The van der Waals surface area contributed by atoms with Crippen molar-refractivity contribution in [3.63, 3.8) is 0 Å². The number of rotatable bonds is 6. The van der Waals surface area contributed by atoms with Crippen molar-refractivity contribution in [1.29, 1.82) is 0 Å². The Labute approximate surface area is 67.8 Å². The normalized spacial score (nSPS) is 9.20. The zero-order valence-electron chi connectivity index (χ0n) is 6.18. The van der Waals surface area contributed by atoms with Crippen molar-refractivity contribution in [2.45, 2.75) is 32.1 Å². The standard InChI is InChI=1S/C8H14OS/c1-2-3-4-5-6-7-8(9)10/h2H,1,3-7H2,(H,9,10). The van der Waals surface area contributed by atoms with E-state index < -0.39 is 0 Å². The number of unbranched alkanes of at least 4 members (excludes halogenated alkanes) is 3. The van der Waals surface area contributed by atoms with Crippen LogP contribution in [0, 0.1) is 0 Å². The minimum Gasteiger partial charge on any atom is -0.502 e. The molecule has 58 valence electrons. The van der Waals surface area contributed by atoms with Crippen LogP contribution in [0.3, 0.4) is 0 Å². The first kappa shape index (κ1) is 9.63. The molecule has 0 fully saturated rings. The third-order valence-electron chi connectivity index (χ3n) is 1.30. The molecule has 1 nitrogen and oxygen atoms in total. The van der Waals surface area contributed by atoms with Gasteiger partial charge in [-0.3, -0.25) is 0 Å². The second-order valence-electron chi connectivity index (χ2n) is 2.28. The number of aliphatic hydroxyl groups excluding tert-OH is 1. The summed E-state index contributed by atoms with van der Waals surface area (Å²) in [6, 6.07) is 0. The topological polar surface area (TPSA) is 20.2 Å². The van der Waals surface area contributed by atoms with E-state index in [4.69, 9.17) is 5.11 Å². The Morgan fingerprint density at radius 1 is 1.40 bits per heavy atom. The smallest absolute Gasteiger partial charge is 0.156 e. The lowest BCUT2D eigenvalue weighted by atomic mass is 10.1. The van der Waals surface area contributed by atoms with Gasteiger partial charge in [-0.25, -0.2) is 0 Å². The predicted molar refractivity (Wildman–Crippen MR) is 48.5 cm³/mol. The molecule has 1 N–H and O–H groups in total. The van der Waals surface area contributed by atoms with Crippen molar-refractivity contribution >= 4 is 17.3 Å². The van der Waals surface area contributed by atoms with Crippen LogP contribution in [-0.4, -0.2) is 10.2 Å². The monoisotopic (exact) mass is 158 g/mol. The van der Waals surface area contributed by atoms with Gasteiger partial charge in [-0.2, -0.15) is 0 Å². The fraction of sp³-hybridized carbons (Fsp3) is 0.625. The van der Waals surface area contributed by atoms with E-state index in [9.17, 15) is 0 Å². The summed E-state index contributed by atoms with van der Waals surface area (Å²) in [6.07, 6.45) is 6.95. The SMILES string of the molecule is C=CCCCCCC(O)=S. The van der Waals surface area contributed by atoms with Crippen LogP contribution in [0.1, 0.15) is 32.1 Å². The van der Waals surface area contributed by atoms with Crippen molar-refractivity contribution in [2.75, 3.05) is 0 Å². The molecule has 0 aliphatic rings. The Balaban J connectivity index is 2.90. The summed E-state index contributed by atoms with van der Waals surface area (Å²) >= 11 is 4.51. The Bertz CT molecular complexity index is 110. The zero-order chi connectivity index (χ0) is 7.82. The van der Waals surface area contributed by atoms with E-state index >= 15 is 0 Å². The van der Waals surface area contributed by atoms with Gasteiger partial charge in [-0.15, -0.1) is 6.58 Å². The van der Waals surface area contributed by atoms with Crippen LogP contribution in [0.4, 0.5) is 0 Å². The van der Waals surface area contributed by atoms with Gasteiger partial charge < -0.3 is 5.11 Å². The summed E-state index contributed by atoms with van der Waals surface area (Å²) in [5.41, 5.74) is 0. The van der Waals surface area contributed by atoms with Gasteiger partial charge in [0, 0.05) is 6.42 Å². The molecule has 0 rings (SSSR count). The molecule has 2 heteroatoms. The van der Waals surface area contributed by atoms with Crippen molar-refractivity contribution in [3.8, 4) is 0 Å². The highest BCUT2D eigenvalue weighted by atomic mass is 32.1. The van der Waals surface area contributed by atoms with E-state index in [-0.39, 0.29) is 5.05 Å². The number of aliphatic hydroxyl groups is 1. The Morgan fingerprint density at radius 3 is 2.60 bits per heavy atom. The van der Waals surface area contributed by atoms with E-state index in [2.05, 4.69) is 18.8 Å². The van der Waals surface area contributed by atoms with Crippen molar-refractivity contribution in [3.05, 3.63) is 12.7 Å². The van der Waals surface area contributed by atoms with E-state index in [0.29, 0.717) is 6.42 Å². The Morgan fingerprint density at radius 2 is 2.10 bits per heavy atom. The average Bonchev–Trinajstić information content (AvgIpc) is 1.87. The number of thiocarbonyl (C=S) groups is 1. The maximum absolute atomic E-state index is 8.62. The van der Waals surface area contributed by atoms with Gasteiger partial charge in [-0.1, -0.05) is 12.5 Å². The quantitative estimate of drug-likeness (QED) is 0.364. The third kappa shape index (κ3) is 7.63. The van der Waals surface area contributed by atoms with Crippen LogP contribution in [-0.2, 0) is 0 Å². The summed E-state index contributed by atoms with van der Waals surface area (Å²) < 4.78 is 0. The molecule has 0 aliphatic carbocycles. The van der Waals surface area contributed by atoms with Crippen LogP contribution in [0.5, 0.6) is 0 Å². The van der Waals surface area contributed by atoms with Gasteiger partial charge in [0.25, 0.3) is 0 Å². The molecule has 0 radical (unpaired) electrons. The highest BCUT2D eigenvalue weighted by Gasteiger charge is 1.90. The minimum absolute atomic E-state index is 0.138. The first-order chi connectivity index (χ1) is 4.77. The molecule has 0 aliphatic heterocycles. The fourth-order valence-electron chi connectivity index (χ4n) is 0.742. The third-order valence-corrected chi connectivity index (χ3v) is 1.50. The molecule has 0 aromatic heterocycles. The lowest BCUT2D eigenvalue weighted by molar-refractivity contribution is 0.537. The largest absolute Gasteiger partial charge is 0.502 e. The van der Waals surface area contributed by atoms with Crippen molar-refractivity contribution in [2.24, 2.45) is 0 Å². The highest BCUT2D eigenvalue weighted by molar-refractivity contribution is 7.80. The molecule has 0 saturated heterocycles. The second kappa shape index (κ2) is 6.75. The zero-order valence-corrected chi connectivity index (χ0v) is 6.99. The lowest BCUT2D eigenvalue weighted by Gasteiger charge is -1.95. The molecular weight excluding hydrogens is 144 g/mol. The lowest BCUT2D eigenvalue weighted by Crippen LogP contribution is -1.89. The van der Waals surface area contributed by atoms with E-state index in [1.54, 1.807) is 0 Å². The van der Waals surface area contributed by atoms with Gasteiger partial charge in [0.15, 0.2) is 5.05 Å². The van der Waals surface area contributed by atoms with Crippen LogP contribution in [0.15, 0.2) is 12.7 Å². The summed E-state index contributed by atoms with van der Waals surface area (Å²) in [6.45, 7) is 3.62. The van der Waals surface area contributed by atoms with E-state index in [0.717, 1.165) is 25.7 Å². The van der Waals surface area contributed by atoms with Crippen molar-refractivity contribution in [1.82, 2.24) is 0 Å². The van der Waals surface area contributed by atoms with Gasteiger partial charge >= 0.3 is 0 Å². The number of hydrogen-bond acceptors (Lipinski definition) is 1.